The van der Waals surface area contributed by atoms with Gasteiger partial charge < -0.3 is 63.0 Å². The number of nitrogens with one attached hydrogen (secondary N) is 2. The smallest absolute Gasteiger partial charge is 1.00 e. The number of halogens is 1. The van der Waals surface area contributed by atoms with Crippen molar-refractivity contribution in [2.45, 2.75) is 159 Å². The number of esters is 2. The molecule has 362 valence electrons. The average Bonchev–Trinajstić information content (AvgIpc) is 3.66. The Morgan fingerprint density at radius 2 is 1.08 bits per heavy atom. The van der Waals surface area contributed by atoms with Gasteiger partial charge in [0.15, 0.2) is 6.04 Å². The Kier molecular flexibility index (Phi) is 52.4. The summed E-state index contributed by atoms with van der Waals surface area (Å²) in [7, 11) is 6.29. The first-order valence-corrected chi connectivity index (χ1v) is 18.7. The van der Waals surface area contributed by atoms with Crippen molar-refractivity contribution in [2.24, 2.45) is 5.41 Å². The van der Waals surface area contributed by atoms with Crippen molar-refractivity contribution >= 4 is 36.5 Å². The molecule has 1 saturated heterocycles. The number of likely N-dealkylation sites (N-methyl/N-ethyl adjacent to an activating group) is 1. The van der Waals surface area contributed by atoms with Gasteiger partial charge in [0.2, 0.25) is 0 Å². The number of nitrogens with zero attached hydrogens (tertiary/aromatic N) is 1. The van der Waals surface area contributed by atoms with Crippen molar-refractivity contribution in [3.05, 3.63) is 0 Å². The van der Waals surface area contributed by atoms with E-state index in [0.29, 0.717) is 0 Å². The molecule has 1 aliphatic rings. The van der Waals surface area contributed by atoms with Crippen LogP contribution >= 0.6 is 0 Å². The monoisotopic (exact) mass is 974 g/mol. The van der Waals surface area contributed by atoms with E-state index in [4.69, 9.17) is 43.3 Å². The second-order valence-electron chi connectivity index (χ2n) is 17.2. The normalized spacial score (nSPS) is 12.7. The van der Waals surface area contributed by atoms with Gasteiger partial charge in [-0.2, -0.15) is 0 Å². The zero-order valence-electron chi connectivity index (χ0n) is 41.9. The van der Waals surface area contributed by atoms with E-state index >= 15 is 0 Å². The topological polar surface area (TPSA) is 252 Å². The van der Waals surface area contributed by atoms with E-state index < -0.39 is 69.9 Å². The number of carbonyl (C=O) groups is 6. The molecular weight excluding hydrogens is 894 g/mol. The van der Waals surface area contributed by atoms with Crippen LogP contribution in [0.4, 0.5) is 9.59 Å². The van der Waals surface area contributed by atoms with E-state index in [9.17, 15) is 24.0 Å². The van der Waals surface area contributed by atoms with Gasteiger partial charge in [-0.3, -0.25) is 19.2 Å². The van der Waals surface area contributed by atoms with Crippen molar-refractivity contribution in [3.8, 4) is 0 Å². The number of hydrogen-bond donors (Lipinski definition) is 3. The van der Waals surface area contributed by atoms with Gasteiger partial charge in [0.05, 0.1) is 51.1 Å². The van der Waals surface area contributed by atoms with Gasteiger partial charge in [0.25, 0.3) is 12.4 Å². The predicted molar refractivity (Wildman–Crippen MR) is 218 cm³/mol. The zero-order chi connectivity index (χ0) is 46.6. The molecule has 62 heavy (non-hydrogen) atoms. The fourth-order valence-electron chi connectivity index (χ4n) is 3.04. The van der Waals surface area contributed by atoms with Gasteiger partial charge in [-0.25, -0.2) is 29.8 Å². The molecule has 0 bridgehead atoms. The van der Waals surface area contributed by atoms with Crippen LogP contribution in [0.3, 0.4) is 0 Å². The first kappa shape index (κ1) is 79.0. The summed E-state index contributed by atoms with van der Waals surface area (Å²) in [6, 6.07) is -2.03. The molecule has 0 unspecified atom stereocenters. The molecule has 1 fully saturated rings. The summed E-state index contributed by atoms with van der Waals surface area (Å²) in [5.41, 5.74) is -1.53. The summed E-state index contributed by atoms with van der Waals surface area (Å²) >= 11 is 0. The molecule has 23 heteroatoms. The quantitative estimate of drug-likeness (QED) is 0.0332. The molecule has 1 heterocycles. The molecule has 0 aromatic heterocycles. The third kappa shape index (κ3) is 56.0. The maximum Gasteiger partial charge on any atom is 1.00 e. The number of nitrogens with two attached hydrogens (primary N) is 1. The molecule has 0 spiro atoms. The van der Waals surface area contributed by atoms with Gasteiger partial charge >= 0.3 is 127 Å². The van der Waals surface area contributed by atoms with E-state index in [1.165, 1.54) is 27.0 Å². The van der Waals surface area contributed by atoms with Crippen molar-refractivity contribution in [1.82, 2.24) is 15.7 Å². The Bertz CT molecular complexity index is 1180. The number of rotatable bonds is 11. The Morgan fingerprint density at radius 1 is 0.742 bits per heavy atom. The molecule has 4 N–H and O–H groups in total. The molecule has 0 radical (unpaired) electrons. The molecule has 0 aromatic carbocycles. The van der Waals surface area contributed by atoms with Crippen LogP contribution in [0.25, 0.3) is 0 Å². The van der Waals surface area contributed by atoms with Crippen molar-refractivity contribution in [1.29, 1.82) is 0 Å². The molecule has 1 rings (SSSR count). The van der Waals surface area contributed by atoms with Crippen LogP contribution in [0.1, 0.15) is 126 Å². The largest absolute Gasteiger partial charge is 1.00 e. The molecule has 0 aromatic rings. The van der Waals surface area contributed by atoms with Crippen molar-refractivity contribution in [3.63, 3.8) is 0 Å². The minimum atomic E-state index is -1.15. The SMILES string of the molecule is C.C1CCOC1.CC(C)(C)OC[C@H](NC(=O)OC(C)(C)C)C(=O)OC(=O)C(C)(C)C.CON(C)C(=O)[C@H](COC(C)(C)C)NC(=O)OC(C)(C)C.C[NH2+]OC.O=CO[O-].[Cl-].[H-].[K+].[K+]. The van der Waals surface area contributed by atoms with Crippen LogP contribution in [0, 0.1) is 5.41 Å². The number of alkyl carbamates (subject to hydrolysis) is 2. The minimum absolute atomic E-state index is 0. The third-order valence-electron chi connectivity index (χ3n) is 5.82. The second kappa shape index (κ2) is 41.1. The summed E-state index contributed by atoms with van der Waals surface area (Å²) in [6.07, 6.45) is 1.09. The summed E-state index contributed by atoms with van der Waals surface area (Å²) < 4.78 is 31.2. The van der Waals surface area contributed by atoms with E-state index in [0.717, 1.165) is 18.3 Å². The molecule has 20 nitrogen and oxygen atoms in total. The van der Waals surface area contributed by atoms with Crippen LogP contribution in [-0.4, -0.2) is 131 Å². The van der Waals surface area contributed by atoms with Crippen LogP contribution in [-0.2, 0) is 62.2 Å². The Balaban J connectivity index is -0.0000000967. The maximum absolute atomic E-state index is 12.2. The van der Waals surface area contributed by atoms with Gasteiger partial charge in [-0.05, 0) is 117 Å². The third-order valence-corrected chi connectivity index (χ3v) is 5.82. The van der Waals surface area contributed by atoms with E-state index in [1.807, 2.05) is 48.6 Å². The summed E-state index contributed by atoms with van der Waals surface area (Å²) in [4.78, 5) is 80.5. The summed E-state index contributed by atoms with van der Waals surface area (Å²) in [5, 5.41) is 14.4. The molecule has 2 atom stereocenters. The second-order valence-corrected chi connectivity index (χ2v) is 17.2. The summed E-state index contributed by atoms with van der Waals surface area (Å²) in [5.74, 6) is -1.99. The number of quaternary nitrogens is 1. The molecule has 0 aliphatic carbocycles. The minimum Gasteiger partial charge on any atom is -1.00 e. The Morgan fingerprint density at radius 3 is 1.32 bits per heavy atom. The van der Waals surface area contributed by atoms with Crippen LogP contribution in [0.2, 0.25) is 0 Å². The fourth-order valence-corrected chi connectivity index (χ4v) is 3.04. The number of hydrogen-bond acceptors (Lipinski definition) is 16. The number of amides is 3. The van der Waals surface area contributed by atoms with E-state index in [2.05, 4.69) is 20.4 Å². The molecule has 3 amide bonds. The van der Waals surface area contributed by atoms with Gasteiger partial charge in [0.1, 0.15) is 17.2 Å². The van der Waals surface area contributed by atoms with Gasteiger partial charge in [-0.1, -0.05) is 7.43 Å². The molecular formula is C39H81ClK2N4O16. The van der Waals surface area contributed by atoms with Crippen molar-refractivity contribution < 1.29 is 199 Å². The Labute approximate surface area is 464 Å². The molecule has 1 aliphatic heterocycles. The number of hydroxylamine groups is 3. The molecule has 0 saturated carbocycles. The van der Waals surface area contributed by atoms with Crippen LogP contribution in [0.5, 0.6) is 0 Å². The van der Waals surface area contributed by atoms with Crippen LogP contribution < -0.4 is 137 Å². The van der Waals surface area contributed by atoms with Gasteiger partial charge in [-0.15, -0.1) is 0 Å². The average molecular weight is 976 g/mol. The van der Waals surface area contributed by atoms with E-state index in [-0.39, 0.29) is 144 Å². The standard InChI is InChI=1S/C17H31NO6.C14H28N2O5.C4H8O.C2H7NO.CH2O3.CH4.ClH.2K.H/c1-15(2,3)13(20)23-12(19)11(10-22-16(4,5)6)18-14(21)24-17(7,8)9;1-13(2,3)20-9-10(11(17)16(7)19-8)15-12(18)21-14(4,5)6;1-2-4-5-3-1;1-3-4-2;2-1-4-3;;;;;/h11H,10H2,1-9H3,(H,18,21);10H,9H2,1-8H3,(H,15,18);1-4H2;3H,1-2H3;1,3H;1H4;1H;;;/q;;;;;;;2*+1;-1/p-1/t11-;10-;;;;;;;;/m00......../s1. The first-order chi connectivity index (χ1) is 26.2. The maximum atomic E-state index is 12.2. The summed E-state index contributed by atoms with van der Waals surface area (Å²) in [6.45, 7) is 28.0. The number of ether oxygens (including phenoxy) is 6. The van der Waals surface area contributed by atoms with Gasteiger partial charge in [0, 0.05) is 20.3 Å². The Hall–Kier alpha value is -0.0973. The predicted octanol–water partition coefficient (Wildman–Crippen LogP) is -5.74. The first-order valence-electron chi connectivity index (χ1n) is 18.7. The van der Waals surface area contributed by atoms with Crippen molar-refractivity contribution in [2.75, 3.05) is 54.7 Å². The van der Waals surface area contributed by atoms with Crippen LogP contribution in [0.15, 0.2) is 0 Å². The fraction of sp³-hybridized carbons (Fsp3) is 0.846. The van der Waals surface area contributed by atoms with E-state index in [1.54, 1.807) is 74.9 Å². The number of carbonyl (C=O) groups excluding carboxylic acids is 6. The zero-order valence-corrected chi connectivity index (χ0v) is 47.9.